The third-order valence-corrected chi connectivity index (χ3v) is 6.07. The minimum Gasteiger partial charge on any atom is -0.495 e. The summed E-state index contributed by atoms with van der Waals surface area (Å²) in [6, 6.07) is 4.71. The number of halogens is 1. The summed E-state index contributed by atoms with van der Waals surface area (Å²) < 4.78 is 34.9. The Bertz CT molecular complexity index is 892. The molecule has 0 radical (unpaired) electrons. The summed E-state index contributed by atoms with van der Waals surface area (Å²) in [7, 11) is -2.32. The largest absolute Gasteiger partial charge is 0.495 e. The second-order valence-electron chi connectivity index (χ2n) is 5.67. The van der Waals surface area contributed by atoms with E-state index in [0.29, 0.717) is 22.2 Å². The maximum Gasteiger partial charge on any atom is 0.242 e. The number of carbonyl (C=O) groups excluding carboxylic acids is 1. The average molecular weight is 387 g/mol. The van der Waals surface area contributed by atoms with Crippen LogP contribution >= 0.6 is 11.6 Å². The molecule has 136 valence electrons. The van der Waals surface area contributed by atoms with Crippen molar-refractivity contribution in [1.29, 1.82) is 0 Å². The molecule has 0 unspecified atom stereocenters. The predicted octanol–water partition coefficient (Wildman–Crippen LogP) is 2.90. The lowest BCUT2D eigenvalue weighted by Crippen LogP contribution is -2.33. The van der Waals surface area contributed by atoms with Gasteiger partial charge in [0, 0.05) is 17.2 Å². The number of nitrogens with zero attached hydrogens (tertiary/aromatic N) is 1. The van der Waals surface area contributed by atoms with E-state index in [-0.39, 0.29) is 11.4 Å². The Kier molecular flexibility index (Phi) is 5.74. The van der Waals surface area contributed by atoms with Crippen LogP contribution in [0.2, 0.25) is 5.02 Å². The number of benzene rings is 1. The summed E-state index contributed by atoms with van der Waals surface area (Å²) in [6.45, 7) is 4.76. The number of methoxy groups -OCH3 is 1. The first-order chi connectivity index (χ1) is 11.6. The van der Waals surface area contributed by atoms with Gasteiger partial charge in [-0.15, -0.1) is 0 Å². The Labute approximate surface area is 151 Å². The Balaban J connectivity index is 2.18. The van der Waals surface area contributed by atoms with Crippen LogP contribution in [0.15, 0.2) is 22.7 Å². The van der Waals surface area contributed by atoms with E-state index < -0.39 is 21.0 Å². The molecule has 2 rings (SSSR count). The lowest BCUT2D eigenvalue weighted by molar-refractivity contribution is -0.115. The van der Waals surface area contributed by atoms with Crippen LogP contribution in [-0.4, -0.2) is 31.8 Å². The number of rotatable bonds is 6. The highest BCUT2D eigenvalue weighted by Gasteiger charge is 2.30. The highest BCUT2D eigenvalue weighted by atomic mass is 35.5. The number of aryl methyl sites for hydroxylation is 2. The number of hydrogen-bond acceptors (Lipinski definition) is 6. The van der Waals surface area contributed by atoms with Gasteiger partial charge in [-0.05, 0) is 32.4 Å². The number of anilines is 1. The van der Waals surface area contributed by atoms with Crippen LogP contribution in [0.3, 0.4) is 0 Å². The molecular formula is C16H19ClN2O5S. The molecule has 1 atom stereocenters. The van der Waals surface area contributed by atoms with Crippen molar-refractivity contribution in [3.63, 3.8) is 0 Å². The molecule has 1 heterocycles. The minimum absolute atomic E-state index is 0.261. The monoisotopic (exact) mass is 386 g/mol. The van der Waals surface area contributed by atoms with Crippen molar-refractivity contribution < 1.29 is 22.5 Å². The van der Waals surface area contributed by atoms with Crippen LogP contribution in [0.5, 0.6) is 5.75 Å². The maximum absolute atomic E-state index is 12.4. The summed E-state index contributed by atoms with van der Waals surface area (Å²) in [5.74, 6) is -0.194. The number of nitrogens with one attached hydrogen (secondary N) is 1. The van der Waals surface area contributed by atoms with Crippen molar-refractivity contribution in [3.05, 3.63) is 40.2 Å². The average Bonchev–Trinajstić information content (AvgIpc) is 2.93. The number of carbonyl (C=O) groups is 1. The van der Waals surface area contributed by atoms with Crippen LogP contribution < -0.4 is 10.1 Å². The van der Waals surface area contributed by atoms with E-state index in [1.54, 1.807) is 26.0 Å². The highest BCUT2D eigenvalue weighted by Crippen LogP contribution is 2.31. The topological polar surface area (TPSA) is 98.5 Å². The number of hydrogen-bond donors (Lipinski definition) is 1. The fourth-order valence-electron chi connectivity index (χ4n) is 2.14. The standard InChI is InChI=1S/C16H19ClN2O5S/c1-9-5-14(15(23-4)7-13(9)17)18-16(20)11(3)25(21,22)8-12-6-10(2)24-19-12/h5-7,11H,8H2,1-4H3,(H,18,20)/t11-/m1/s1. The predicted molar refractivity (Wildman–Crippen MR) is 94.7 cm³/mol. The van der Waals surface area contributed by atoms with Crippen LogP contribution in [0.4, 0.5) is 5.69 Å². The van der Waals surface area contributed by atoms with E-state index in [1.165, 1.54) is 20.1 Å². The molecule has 0 saturated heterocycles. The van der Waals surface area contributed by atoms with Gasteiger partial charge in [-0.25, -0.2) is 8.42 Å². The summed E-state index contributed by atoms with van der Waals surface area (Å²) >= 11 is 6.02. The molecular weight excluding hydrogens is 368 g/mol. The van der Waals surface area contributed by atoms with Gasteiger partial charge in [0.15, 0.2) is 9.84 Å². The number of amides is 1. The first-order valence-corrected chi connectivity index (χ1v) is 9.52. The molecule has 0 aliphatic rings. The lowest BCUT2D eigenvalue weighted by atomic mass is 10.2. The van der Waals surface area contributed by atoms with Gasteiger partial charge in [0.05, 0.1) is 24.2 Å². The lowest BCUT2D eigenvalue weighted by Gasteiger charge is -2.15. The van der Waals surface area contributed by atoms with E-state index >= 15 is 0 Å². The summed E-state index contributed by atoms with van der Waals surface area (Å²) in [5.41, 5.74) is 1.34. The van der Waals surface area contributed by atoms with Crippen molar-refractivity contribution in [3.8, 4) is 5.75 Å². The van der Waals surface area contributed by atoms with Crippen molar-refractivity contribution in [2.24, 2.45) is 0 Å². The minimum atomic E-state index is -3.76. The Morgan fingerprint density at radius 1 is 1.36 bits per heavy atom. The van der Waals surface area contributed by atoms with Gasteiger partial charge in [-0.2, -0.15) is 0 Å². The van der Waals surface area contributed by atoms with E-state index in [4.69, 9.17) is 20.9 Å². The fraction of sp³-hybridized carbons (Fsp3) is 0.375. The molecule has 0 bridgehead atoms. The highest BCUT2D eigenvalue weighted by molar-refractivity contribution is 7.92. The van der Waals surface area contributed by atoms with Gasteiger partial charge in [0.2, 0.25) is 5.91 Å². The van der Waals surface area contributed by atoms with E-state index in [9.17, 15) is 13.2 Å². The molecule has 2 aromatic rings. The molecule has 25 heavy (non-hydrogen) atoms. The van der Waals surface area contributed by atoms with E-state index in [2.05, 4.69) is 10.5 Å². The SMILES string of the molecule is COc1cc(Cl)c(C)cc1NC(=O)[C@@H](C)S(=O)(=O)Cc1cc(C)on1. The Morgan fingerprint density at radius 3 is 2.60 bits per heavy atom. The van der Waals surface area contributed by atoms with Gasteiger partial charge in [-0.1, -0.05) is 16.8 Å². The van der Waals surface area contributed by atoms with Crippen LogP contribution in [0.25, 0.3) is 0 Å². The molecule has 0 aliphatic heterocycles. The van der Waals surface area contributed by atoms with Crippen molar-refractivity contribution >= 4 is 33.0 Å². The fourth-order valence-corrected chi connectivity index (χ4v) is 3.48. The molecule has 0 spiro atoms. The maximum atomic E-state index is 12.4. The molecule has 0 fully saturated rings. The summed E-state index contributed by atoms with van der Waals surface area (Å²) in [5, 5.41) is 5.45. The molecule has 9 heteroatoms. The summed E-state index contributed by atoms with van der Waals surface area (Å²) in [6.07, 6.45) is 0. The van der Waals surface area contributed by atoms with Crippen LogP contribution in [0.1, 0.15) is 23.9 Å². The van der Waals surface area contributed by atoms with Gasteiger partial charge in [0.25, 0.3) is 0 Å². The van der Waals surface area contributed by atoms with Gasteiger partial charge in [0.1, 0.15) is 16.8 Å². The molecule has 1 aromatic carbocycles. The quantitative estimate of drug-likeness (QED) is 0.819. The number of sulfone groups is 1. The first kappa shape index (κ1) is 19.3. The van der Waals surface area contributed by atoms with Crippen molar-refractivity contribution in [2.75, 3.05) is 12.4 Å². The zero-order valence-corrected chi connectivity index (χ0v) is 15.9. The van der Waals surface area contributed by atoms with Crippen LogP contribution in [0, 0.1) is 13.8 Å². The smallest absolute Gasteiger partial charge is 0.242 e. The molecule has 1 N–H and O–H groups in total. The molecule has 0 aliphatic carbocycles. The van der Waals surface area contributed by atoms with Crippen molar-refractivity contribution in [1.82, 2.24) is 5.16 Å². The third-order valence-electron chi connectivity index (χ3n) is 3.67. The second-order valence-corrected chi connectivity index (χ2v) is 8.40. The van der Waals surface area contributed by atoms with Gasteiger partial charge in [-0.3, -0.25) is 4.79 Å². The van der Waals surface area contributed by atoms with E-state index in [1.807, 2.05) is 0 Å². The number of ether oxygens (including phenoxy) is 1. The molecule has 0 saturated carbocycles. The molecule has 7 nitrogen and oxygen atoms in total. The zero-order valence-electron chi connectivity index (χ0n) is 14.3. The normalized spacial score (nSPS) is 12.7. The Morgan fingerprint density at radius 2 is 2.04 bits per heavy atom. The zero-order chi connectivity index (χ0) is 18.8. The molecule has 1 aromatic heterocycles. The molecule has 1 amide bonds. The van der Waals surface area contributed by atoms with E-state index in [0.717, 1.165) is 5.56 Å². The number of aromatic nitrogens is 1. The van der Waals surface area contributed by atoms with Gasteiger partial charge >= 0.3 is 0 Å². The van der Waals surface area contributed by atoms with Gasteiger partial charge < -0.3 is 14.6 Å². The Hall–Kier alpha value is -2.06. The van der Waals surface area contributed by atoms with Crippen molar-refractivity contribution in [2.45, 2.75) is 31.8 Å². The first-order valence-electron chi connectivity index (χ1n) is 7.43. The second kappa shape index (κ2) is 7.45. The van der Waals surface area contributed by atoms with Crippen LogP contribution in [-0.2, 0) is 20.4 Å². The third kappa shape index (κ3) is 4.52. The summed E-state index contributed by atoms with van der Waals surface area (Å²) in [4.78, 5) is 12.4.